The van der Waals surface area contributed by atoms with E-state index in [-0.39, 0.29) is 6.10 Å². The van der Waals surface area contributed by atoms with Crippen LogP contribution in [0, 0.1) is 23.7 Å². The number of hydrogen-bond acceptors (Lipinski definition) is 3. The molecule has 3 saturated carbocycles. The second kappa shape index (κ2) is 4.28. The van der Waals surface area contributed by atoms with Gasteiger partial charge in [0.1, 0.15) is 0 Å². The average Bonchev–Trinajstić information content (AvgIpc) is 2.72. The summed E-state index contributed by atoms with van der Waals surface area (Å²) in [6.45, 7) is 1.72. The quantitative estimate of drug-likeness (QED) is 0.707. The molecule has 0 heterocycles. The summed E-state index contributed by atoms with van der Waals surface area (Å²) >= 11 is 0. The zero-order valence-corrected chi connectivity index (χ0v) is 10.2. The first-order valence-electron chi connectivity index (χ1n) is 6.81. The number of ether oxygens (including phenoxy) is 1. The van der Waals surface area contributed by atoms with E-state index >= 15 is 0 Å². The van der Waals surface area contributed by atoms with Crippen molar-refractivity contribution in [3.8, 4) is 0 Å². The standard InChI is InChI=1S/C13H24N2O/c1-16-10(7-14)4-5-15-13-11-8-2-3-9(6-8)12(11)13/h8-13,15H,2-7,14H2,1H3. The molecule has 3 fully saturated rings. The first-order valence-corrected chi connectivity index (χ1v) is 6.81. The molecule has 0 saturated heterocycles. The highest BCUT2D eigenvalue weighted by atomic mass is 16.5. The Morgan fingerprint density at radius 3 is 2.56 bits per heavy atom. The molecule has 5 unspecified atom stereocenters. The predicted molar refractivity (Wildman–Crippen MR) is 64.1 cm³/mol. The van der Waals surface area contributed by atoms with Crippen LogP contribution in [0.1, 0.15) is 25.7 Å². The van der Waals surface area contributed by atoms with E-state index in [4.69, 9.17) is 10.5 Å². The van der Waals surface area contributed by atoms with Crippen LogP contribution in [0.2, 0.25) is 0 Å². The topological polar surface area (TPSA) is 47.3 Å². The third kappa shape index (κ3) is 1.69. The minimum atomic E-state index is 0.239. The normalized spacial score (nSPS) is 45.8. The van der Waals surface area contributed by atoms with Crippen molar-refractivity contribution in [2.24, 2.45) is 29.4 Å². The Morgan fingerprint density at radius 1 is 1.31 bits per heavy atom. The van der Waals surface area contributed by atoms with Gasteiger partial charge in [0, 0.05) is 19.7 Å². The van der Waals surface area contributed by atoms with E-state index < -0.39 is 0 Å². The Labute approximate surface area is 98.1 Å². The molecule has 0 aliphatic heterocycles. The van der Waals surface area contributed by atoms with Gasteiger partial charge < -0.3 is 15.8 Å². The molecule has 5 atom stereocenters. The van der Waals surface area contributed by atoms with Gasteiger partial charge >= 0.3 is 0 Å². The lowest BCUT2D eigenvalue weighted by molar-refractivity contribution is 0.102. The Balaban J connectivity index is 1.39. The molecule has 0 aromatic heterocycles. The molecular formula is C13H24N2O. The third-order valence-electron chi connectivity index (χ3n) is 5.18. The van der Waals surface area contributed by atoms with Crippen molar-refractivity contribution in [2.45, 2.75) is 37.8 Å². The van der Waals surface area contributed by atoms with Crippen LogP contribution in [-0.2, 0) is 4.74 Å². The van der Waals surface area contributed by atoms with Gasteiger partial charge in [0.05, 0.1) is 6.10 Å². The molecule has 3 nitrogen and oxygen atoms in total. The molecule has 3 aliphatic carbocycles. The fraction of sp³-hybridized carbons (Fsp3) is 1.00. The molecule has 0 aromatic carbocycles. The molecule has 0 amide bonds. The van der Waals surface area contributed by atoms with E-state index in [1.165, 1.54) is 19.3 Å². The summed E-state index contributed by atoms with van der Waals surface area (Å²) in [7, 11) is 1.75. The van der Waals surface area contributed by atoms with E-state index in [1.807, 2.05) is 0 Å². The fourth-order valence-corrected chi connectivity index (χ4v) is 4.34. The van der Waals surface area contributed by atoms with Gasteiger partial charge in [0.15, 0.2) is 0 Å². The number of rotatable bonds is 6. The summed E-state index contributed by atoms with van der Waals surface area (Å²) in [4.78, 5) is 0. The Bertz CT molecular complexity index is 238. The third-order valence-corrected chi connectivity index (χ3v) is 5.18. The van der Waals surface area contributed by atoms with Gasteiger partial charge in [-0.15, -0.1) is 0 Å². The van der Waals surface area contributed by atoms with Gasteiger partial charge in [-0.2, -0.15) is 0 Å². The number of nitrogens with one attached hydrogen (secondary N) is 1. The minimum absolute atomic E-state index is 0.239. The maximum Gasteiger partial charge on any atom is 0.0705 e. The molecule has 0 spiro atoms. The predicted octanol–water partition coefficient (Wildman–Crippen LogP) is 0.984. The highest BCUT2D eigenvalue weighted by Gasteiger charge is 2.64. The van der Waals surface area contributed by atoms with Crippen molar-refractivity contribution in [2.75, 3.05) is 20.2 Å². The first kappa shape index (κ1) is 11.0. The van der Waals surface area contributed by atoms with Gasteiger partial charge in [-0.1, -0.05) is 0 Å². The summed E-state index contributed by atoms with van der Waals surface area (Å²) in [5, 5.41) is 3.72. The highest BCUT2D eigenvalue weighted by molar-refractivity contribution is 5.16. The molecule has 3 rings (SSSR count). The second-order valence-corrected chi connectivity index (χ2v) is 5.85. The van der Waals surface area contributed by atoms with Crippen molar-refractivity contribution in [1.82, 2.24) is 5.32 Å². The van der Waals surface area contributed by atoms with Crippen molar-refractivity contribution >= 4 is 0 Å². The van der Waals surface area contributed by atoms with Crippen LogP contribution in [0.25, 0.3) is 0 Å². The van der Waals surface area contributed by atoms with Crippen LogP contribution in [0.15, 0.2) is 0 Å². The largest absolute Gasteiger partial charge is 0.380 e. The monoisotopic (exact) mass is 224 g/mol. The maximum atomic E-state index is 5.61. The molecule has 3 heteroatoms. The minimum Gasteiger partial charge on any atom is -0.380 e. The van der Waals surface area contributed by atoms with Crippen LogP contribution >= 0.6 is 0 Å². The van der Waals surface area contributed by atoms with Crippen LogP contribution in [0.3, 0.4) is 0 Å². The Kier molecular flexibility index (Phi) is 2.94. The summed E-state index contributed by atoms with van der Waals surface area (Å²) in [6, 6.07) is 0.849. The number of fused-ring (bicyclic) bond motifs is 5. The first-order chi connectivity index (χ1) is 7.85. The smallest absolute Gasteiger partial charge is 0.0705 e. The van der Waals surface area contributed by atoms with Gasteiger partial charge in [0.25, 0.3) is 0 Å². The van der Waals surface area contributed by atoms with E-state index in [1.54, 1.807) is 7.11 Å². The van der Waals surface area contributed by atoms with E-state index in [2.05, 4.69) is 5.32 Å². The second-order valence-electron chi connectivity index (χ2n) is 5.85. The van der Waals surface area contributed by atoms with E-state index in [0.717, 1.165) is 42.7 Å². The molecular weight excluding hydrogens is 200 g/mol. The molecule has 16 heavy (non-hydrogen) atoms. The maximum absolute atomic E-state index is 5.61. The number of hydrogen-bond donors (Lipinski definition) is 2. The average molecular weight is 224 g/mol. The van der Waals surface area contributed by atoms with Crippen LogP contribution in [0.4, 0.5) is 0 Å². The van der Waals surface area contributed by atoms with Crippen LogP contribution < -0.4 is 11.1 Å². The zero-order valence-electron chi connectivity index (χ0n) is 10.2. The molecule has 3 N–H and O–H groups in total. The number of nitrogens with two attached hydrogens (primary N) is 1. The zero-order chi connectivity index (χ0) is 11.1. The summed E-state index contributed by atoms with van der Waals surface area (Å²) in [5.74, 6) is 4.22. The van der Waals surface area contributed by atoms with Gasteiger partial charge in [-0.25, -0.2) is 0 Å². The lowest BCUT2D eigenvalue weighted by Crippen LogP contribution is -2.30. The van der Waals surface area contributed by atoms with Gasteiger partial charge in [-0.3, -0.25) is 0 Å². The van der Waals surface area contributed by atoms with Crippen molar-refractivity contribution in [3.05, 3.63) is 0 Å². The lowest BCUT2D eigenvalue weighted by Gasteiger charge is -2.14. The van der Waals surface area contributed by atoms with Gasteiger partial charge in [0.2, 0.25) is 0 Å². The lowest BCUT2D eigenvalue weighted by atomic mass is 10.0. The van der Waals surface area contributed by atoms with Crippen LogP contribution in [-0.4, -0.2) is 32.3 Å². The fourth-order valence-electron chi connectivity index (χ4n) is 4.34. The molecule has 2 bridgehead atoms. The van der Waals surface area contributed by atoms with Crippen molar-refractivity contribution in [1.29, 1.82) is 0 Å². The summed E-state index contributed by atoms with van der Waals surface area (Å²) < 4.78 is 5.29. The van der Waals surface area contributed by atoms with Gasteiger partial charge in [-0.05, 0) is 55.9 Å². The Hall–Kier alpha value is -0.120. The highest BCUT2D eigenvalue weighted by Crippen LogP contribution is 2.65. The molecule has 0 aromatic rings. The van der Waals surface area contributed by atoms with Crippen molar-refractivity contribution in [3.63, 3.8) is 0 Å². The summed E-state index contributed by atoms with van der Waals surface area (Å²) in [6.07, 6.45) is 5.85. The molecule has 3 aliphatic rings. The summed E-state index contributed by atoms with van der Waals surface area (Å²) in [5.41, 5.74) is 5.61. The van der Waals surface area contributed by atoms with E-state index in [9.17, 15) is 0 Å². The Morgan fingerprint density at radius 2 is 2.00 bits per heavy atom. The van der Waals surface area contributed by atoms with Crippen LogP contribution in [0.5, 0.6) is 0 Å². The van der Waals surface area contributed by atoms with Crippen molar-refractivity contribution < 1.29 is 4.74 Å². The SMILES string of the molecule is COC(CN)CCNC1C2C3CCC(C3)C12. The molecule has 92 valence electrons. The number of methoxy groups -OCH3 is 1. The van der Waals surface area contributed by atoms with E-state index in [0.29, 0.717) is 6.54 Å². The molecule has 0 radical (unpaired) electrons.